The number of benzene rings is 1. The van der Waals surface area contributed by atoms with Crippen molar-refractivity contribution in [1.82, 2.24) is 19.7 Å². The van der Waals surface area contributed by atoms with Crippen LogP contribution in [0.25, 0.3) is 0 Å². The van der Waals surface area contributed by atoms with E-state index in [1.807, 2.05) is 40.8 Å². The fraction of sp³-hybridized carbons (Fsp3) is 0.526. The first-order valence-electron chi connectivity index (χ1n) is 9.41. The van der Waals surface area contributed by atoms with Crippen LogP contribution in [0.2, 0.25) is 0 Å². The molecule has 1 unspecified atom stereocenters. The molecule has 2 aromatic rings. The molecule has 1 N–H and O–H groups in total. The Morgan fingerprint density at radius 1 is 1.30 bits per heavy atom. The SMILES string of the molecule is Cn1c(CO)nnc1C1CCCN(CC(=O)N2CCOc3ccccc32)C1. The van der Waals surface area contributed by atoms with Gasteiger partial charge < -0.3 is 19.3 Å². The summed E-state index contributed by atoms with van der Waals surface area (Å²) in [5, 5.41) is 17.6. The van der Waals surface area contributed by atoms with Crippen molar-refractivity contribution in [3.63, 3.8) is 0 Å². The van der Waals surface area contributed by atoms with Crippen LogP contribution < -0.4 is 9.64 Å². The quantitative estimate of drug-likeness (QED) is 0.860. The molecular weight excluding hydrogens is 346 g/mol. The second-order valence-electron chi connectivity index (χ2n) is 7.13. The van der Waals surface area contributed by atoms with Gasteiger partial charge in [-0.25, -0.2) is 0 Å². The molecule has 1 aromatic carbocycles. The number of aromatic nitrogens is 3. The normalized spacial score (nSPS) is 20.2. The van der Waals surface area contributed by atoms with Crippen molar-refractivity contribution in [3.8, 4) is 5.75 Å². The lowest BCUT2D eigenvalue weighted by molar-refractivity contribution is -0.120. The Bertz CT molecular complexity index is 821. The largest absolute Gasteiger partial charge is 0.490 e. The zero-order chi connectivity index (χ0) is 18.8. The molecule has 0 spiro atoms. The van der Waals surface area contributed by atoms with E-state index in [1.54, 1.807) is 0 Å². The van der Waals surface area contributed by atoms with E-state index in [0.717, 1.165) is 43.2 Å². The van der Waals surface area contributed by atoms with E-state index in [1.165, 1.54) is 0 Å². The van der Waals surface area contributed by atoms with Crippen molar-refractivity contribution in [1.29, 1.82) is 0 Å². The van der Waals surface area contributed by atoms with E-state index in [9.17, 15) is 9.90 Å². The number of rotatable bonds is 4. The highest BCUT2D eigenvalue weighted by Gasteiger charge is 2.29. The first-order chi connectivity index (χ1) is 13.2. The molecule has 1 atom stereocenters. The minimum absolute atomic E-state index is 0.0976. The molecule has 0 radical (unpaired) electrons. The standard InChI is InChI=1S/C19H25N5O3/c1-22-17(13-25)20-21-19(22)14-5-4-8-23(11-14)12-18(26)24-9-10-27-16-7-3-2-6-15(16)24/h2-3,6-7,14,25H,4-5,8-13H2,1H3. The van der Waals surface area contributed by atoms with Crippen LogP contribution in [0.5, 0.6) is 5.75 Å². The zero-order valence-electron chi connectivity index (χ0n) is 15.5. The van der Waals surface area contributed by atoms with Crippen LogP contribution in [0.3, 0.4) is 0 Å². The highest BCUT2D eigenvalue weighted by Crippen LogP contribution is 2.31. The minimum atomic E-state index is -0.116. The van der Waals surface area contributed by atoms with Gasteiger partial charge >= 0.3 is 0 Å². The van der Waals surface area contributed by atoms with Gasteiger partial charge in [0.05, 0.1) is 18.8 Å². The fourth-order valence-electron chi connectivity index (χ4n) is 3.98. The van der Waals surface area contributed by atoms with Crippen LogP contribution in [0.1, 0.15) is 30.4 Å². The van der Waals surface area contributed by atoms with E-state index in [-0.39, 0.29) is 18.4 Å². The molecule has 1 fully saturated rings. The molecule has 2 aliphatic rings. The summed E-state index contributed by atoms with van der Waals surface area (Å²) in [5.41, 5.74) is 0.850. The number of likely N-dealkylation sites (tertiary alicyclic amines) is 1. The van der Waals surface area contributed by atoms with E-state index in [4.69, 9.17) is 4.74 Å². The average Bonchev–Trinajstić information content (AvgIpc) is 3.08. The number of carbonyl (C=O) groups excluding carboxylic acids is 1. The molecule has 144 valence electrons. The molecule has 1 saturated heterocycles. The Hall–Kier alpha value is -2.45. The highest BCUT2D eigenvalue weighted by molar-refractivity contribution is 5.96. The van der Waals surface area contributed by atoms with Crippen LogP contribution >= 0.6 is 0 Å². The van der Waals surface area contributed by atoms with Gasteiger partial charge in [0.1, 0.15) is 24.8 Å². The number of ether oxygens (including phenoxy) is 1. The average molecular weight is 371 g/mol. The molecule has 0 saturated carbocycles. The number of anilines is 1. The summed E-state index contributed by atoms with van der Waals surface area (Å²) in [7, 11) is 1.88. The first-order valence-corrected chi connectivity index (χ1v) is 9.41. The maximum Gasteiger partial charge on any atom is 0.241 e. The summed E-state index contributed by atoms with van der Waals surface area (Å²) in [4.78, 5) is 17.0. The van der Waals surface area contributed by atoms with Gasteiger partial charge in [0.2, 0.25) is 5.91 Å². The minimum Gasteiger partial charge on any atom is -0.490 e. The molecule has 3 heterocycles. The highest BCUT2D eigenvalue weighted by atomic mass is 16.5. The molecule has 0 bridgehead atoms. The summed E-state index contributed by atoms with van der Waals surface area (Å²) in [6, 6.07) is 7.68. The maximum absolute atomic E-state index is 13.0. The van der Waals surface area contributed by atoms with Crippen molar-refractivity contribution in [2.75, 3.05) is 37.7 Å². The predicted molar refractivity (Wildman–Crippen MR) is 99.6 cm³/mol. The Morgan fingerprint density at radius 3 is 2.96 bits per heavy atom. The number of carbonyl (C=O) groups is 1. The van der Waals surface area contributed by atoms with Gasteiger partial charge in [0.25, 0.3) is 0 Å². The van der Waals surface area contributed by atoms with Gasteiger partial charge in [-0.15, -0.1) is 10.2 Å². The lowest BCUT2D eigenvalue weighted by atomic mass is 9.97. The smallest absolute Gasteiger partial charge is 0.241 e. The third-order valence-electron chi connectivity index (χ3n) is 5.40. The second kappa shape index (κ2) is 7.66. The van der Waals surface area contributed by atoms with Crippen molar-refractivity contribution in [2.24, 2.45) is 7.05 Å². The maximum atomic E-state index is 13.0. The third kappa shape index (κ3) is 3.54. The number of aliphatic hydroxyl groups is 1. The van der Waals surface area contributed by atoms with Crippen LogP contribution in [0.15, 0.2) is 24.3 Å². The van der Waals surface area contributed by atoms with Crippen molar-refractivity contribution in [2.45, 2.75) is 25.4 Å². The Kier molecular flexibility index (Phi) is 5.09. The summed E-state index contributed by atoms with van der Waals surface area (Å²) in [5.74, 6) is 2.54. The molecule has 0 aliphatic carbocycles. The monoisotopic (exact) mass is 371 g/mol. The lowest BCUT2D eigenvalue weighted by Gasteiger charge is -2.35. The van der Waals surface area contributed by atoms with Crippen LogP contribution in [0.4, 0.5) is 5.69 Å². The summed E-state index contributed by atoms with van der Waals surface area (Å²) in [6.45, 7) is 3.04. The van der Waals surface area contributed by atoms with Gasteiger partial charge in [-0.2, -0.15) is 0 Å². The number of piperidine rings is 1. The second-order valence-corrected chi connectivity index (χ2v) is 7.13. The van der Waals surface area contributed by atoms with Crippen molar-refractivity contribution >= 4 is 11.6 Å². The van der Waals surface area contributed by atoms with Gasteiger partial charge in [-0.3, -0.25) is 9.69 Å². The fourth-order valence-corrected chi connectivity index (χ4v) is 3.98. The Balaban J connectivity index is 1.44. The number of hydrogen-bond donors (Lipinski definition) is 1. The number of hydrogen-bond acceptors (Lipinski definition) is 6. The Morgan fingerprint density at radius 2 is 2.15 bits per heavy atom. The molecule has 1 amide bonds. The van der Waals surface area contributed by atoms with Crippen molar-refractivity contribution in [3.05, 3.63) is 35.9 Å². The molecule has 27 heavy (non-hydrogen) atoms. The molecule has 2 aliphatic heterocycles. The lowest BCUT2D eigenvalue weighted by Crippen LogP contribution is -2.46. The molecule has 8 heteroatoms. The Labute approximate surface area is 158 Å². The van der Waals surface area contributed by atoms with E-state index < -0.39 is 0 Å². The van der Waals surface area contributed by atoms with E-state index >= 15 is 0 Å². The molecule has 8 nitrogen and oxygen atoms in total. The number of para-hydroxylation sites is 2. The van der Waals surface area contributed by atoms with Crippen LogP contribution in [0, 0.1) is 0 Å². The third-order valence-corrected chi connectivity index (χ3v) is 5.40. The molecule has 4 rings (SSSR count). The summed E-state index contributed by atoms with van der Waals surface area (Å²) >= 11 is 0. The van der Waals surface area contributed by atoms with E-state index in [2.05, 4.69) is 15.1 Å². The number of aliphatic hydroxyl groups excluding tert-OH is 1. The van der Waals surface area contributed by atoms with Crippen LogP contribution in [-0.4, -0.2) is 63.5 Å². The summed E-state index contributed by atoms with van der Waals surface area (Å²) < 4.78 is 7.52. The van der Waals surface area contributed by atoms with E-state index in [0.29, 0.717) is 25.5 Å². The number of fused-ring (bicyclic) bond motifs is 1. The number of nitrogens with zero attached hydrogens (tertiary/aromatic N) is 5. The van der Waals surface area contributed by atoms with Crippen molar-refractivity contribution < 1.29 is 14.6 Å². The van der Waals surface area contributed by atoms with Gasteiger partial charge in [0.15, 0.2) is 5.82 Å². The topological polar surface area (TPSA) is 83.7 Å². The molecule has 1 aromatic heterocycles. The first kappa shape index (κ1) is 17.9. The van der Waals surface area contributed by atoms with Crippen LogP contribution in [-0.2, 0) is 18.4 Å². The zero-order valence-corrected chi connectivity index (χ0v) is 15.5. The summed E-state index contributed by atoms with van der Waals surface area (Å²) in [6.07, 6.45) is 2.03. The van der Waals surface area contributed by atoms with Gasteiger partial charge in [-0.05, 0) is 31.5 Å². The van der Waals surface area contributed by atoms with Gasteiger partial charge in [0, 0.05) is 19.5 Å². The molecular formula is C19H25N5O3. The predicted octanol–water partition coefficient (Wildman–Crippen LogP) is 0.912. The number of amides is 1. The van der Waals surface area contributed by atoms with Gasteiger partial charge in [-0.1, -0.05) is 12.1 Å².